The molecule has 0 spiro atoms. The molecule has 0 unspecified atom stereocenters. The molecule has 1 aromatic carbocycles. The Morgan fingerprint density at radius 1 is 1.00 bits per heavy atom. The van der Waals surface area contributed by atoms with E-state index in [4.69, 9.17) is 11.5 Å². The van der Waals surface area contributed by atoms with Gasteiger partial charge in [-0.05, 0) is 49.5 Å². The molecule has 0 radical (unpaired) electrons. The van der Waals surface area contributed by atoms with Crippen LogP contribution in [0.4, 0.5) is 0 Å². The van der Waals surface area contributed by atoms with E-state index in [0.717, 1.165) is 12.8 Å². The number of nitrogens with two attached hydrogens (primary N) is 2. The number of rotatable bonds is 4. The summed E-state index contributed by atoms with van der Waals surface area (Å²) in [5, 5.41) is 0. The van der Waals surface area contributed by atoms with Crippen molar-refractivity contribution in [2.24, 2.45) is 11.5 Å². The third kappa shape index (κ3) is 2.54. The fourth-order valence-electron chi connectivity index (χ4n) is 1.59. The van der Waals surface area contributed by atoms with Gasteiger partial charge in [0.2, 0.25) is 0 Å². The van der Waals surface area contributed by atoms with Crippen LogP contribution < -0.4 is 11.5 Å². The van der Waals surface area contributed by atoms with Crippen LogP contribution in [0.15, 0.2) is 18.2 Å². The minimum atomic E-state index is 0.715. The van der Waals surface area contributed by atoms with Crippen molar-refractivity contribution in [3.05, 3.63) is 34.9 Å². The molecule has 4 N–H and O–H groups in total. The fraction of sp³-hybridized carbons (Fsp3) is 0.455. The standard InChI is InChI=1S/C11H18N2/c1-9-10(5-7-12)3-2-4-11(9)6-8-13/h2-4H,5-8,12-13H2,1H3. The minimum Gasteiger partial charge on any atom is -0.330 e. The lowest BCUT2D eigenvalue weighted by molar-refractivity contribution is 0.922. The molecule has 72 valence electrons. The minimum absolute atomic E-state index is 0.715. The number of hydrogen-bond donors (Lipinski definition) is 2. The van der Waals surface area contributed by atoms with Gasteiger partial charge in [-0.3, -0.25) is 0 Å². The molecular weight excluding hydrogens is 160 g/mol. The highest BCUT2D eigenvalue weighted by Crippen LogP contribution is 2.14. The molecule has 0 aliphatic heterocycles. The highest BCUT2D eigenvalue weighted by molar-refractivity contribution is 5.34. The van der Waals surface area contributed by atoms with Crippen molar-refractivity contribution >= 4 is 0 Å². The van der Waals surface area contributed by atoms with Gasteiger partial charge in [0.05, 0.1) is 0 Å². The Kier molecular flexibility index (Phi) is 3.93. The molecule has 0 atom stereocenters. The monoisotopic (exact) mass is 178 g/mol. The Bertz CT molecular complexity index is 245. The average Bonchev–Trinajstić information content (AvgIpc) is 2.13. The molecule has 0 aliphatic rings. The molecule has 0 heterocycles. The van der Waals surface area contributed by atoms with E-state index in [1.54, 1.807) is 0 Å². The van der Waals surface area contributed by atoms with E-state index in [0.29, 0.717) is 13.1 Å². The first kappa shape index (κ1) is 10.2. The van der Waals surface area contributed by atoms with Crippen LogP contribution in [0, 0.1) is 6.92 Å². The predicted molar refractivity (Wildman–Crippen MR) is 56.7 cm³/mol. The first-order valence-corrected chi connectivity index (χ1v) is 4.77. The number of hydrogen-bond acceptors (Lipinski definition) is 2. The van der Waals surface area contributed by atoms with Gasteiger partial charge < -0.3 is 11.5 Å². The van der Waals surface area contributed by atoms with E-state index in [9.17, 15) is 0 Å². The maximum atomic E-state index is 5.53. The van der Waals surface area contributed by atoms with Crippen molar-refractivity contribution in [1.82, 2.24) is 0 Å². The summed E-state index contributed by atoms with van der Waals surface area (Å²) in [6, 6.07) is 6.37. The first-order valence-electron chi connectivity index (χ1n) is 4.77. The van der Waals surface area contributed by atoms with E-state index >= 15 is 0 Å². The van der Waals surface area contributed by atoms with Gasteiger partial charge in [-0.15, -0.1) is 0 Å². The van der Waals surface area contributed by atoms with Gasteiger partial charge in [0.25, 0.3) is 0 Å². The molecule has 0 aliphatic carbocycles. The quantitative estimate of drug-likeness (QED) is 0.722. The van der Waals surface area contributed by atoms with Crippen LogP contribution in [0.25, 0.3) is 0 Å². The summed E-state index contributed by atoms with van der Waals surface area (Å²) in [7, 11) is 0. The molecule has 0 saturated heterocycles. The van der Waals surface area contributed by atoms with Crippen LogP contribution in [0.1, 0.15) is 16.7 Å². The maximum Gasteiger partial charge on any atom is -0.00366 e. The zero-order valence-electron chi connectivity index (χ0n) is 8.22. The smallest absolute Gasteiger partial charge is 0.00366 e. The lowest BCUT2D eigenvalue weighted by atomic mass is 9.98. The molecular formula is C11H18N2. The van der Waals surface area contributed by atoms with Crippen molar-refractivity contribution in [3.8, 4) is 0 Å². The zero-order chi connectivity index (χ0) is 9.68. The summed E-state index contributed by atoms with van der Waals surface area (Å²) in [5.74, 6) is 0. The summed E-state index contributed by atoms with van der Waals surface area (Å²) >= 11 is 0. The van der Waals surface area contributed by atoms with E-state index in [1.165, 1.54) is 16.7 Å². The largest absolute Gasteiger partial charge is 0.330 e. The molecule has 0 bridgehead atoms. The van der Waals surface area contributed by atoms with Crippen LogP contribution in [-0.4, -0.2) is 13.1 Å². The highest BCUT2D eigenvalue weighted by Gasteiger charge is 2.01. The second kappa shape index (κ2) is 5.00. The van der Waals surface area contributed by atoms with Crippen LogP contribution in [0.2, 0.25) is 0 Å². The van der Waals surface area contributed by atoms with Gasteiger partial charge in [-0.25, -0.2) is 0 Å². The molecule has 2 heteroatoms. The van der Waals surface area contributed by atoms with Crippen molar-refractivity contribution in [3.63, 3.8) is 0 Å². The molecule has 0 aromatic heterocycles. The summed E-state index contributed by atoms with van der Waals surface area (Å²) < 4.78 is 0. The summed E-state index contributed by atoms with van der Waals surface area (Å²) in [6.07, 6.45) is 1.93. The van der Waals surface area contributed by atoms with Crippen molar-refractivity contribution in [1.29, 1.82) is 0 Å². The van der Waals surface area contributed by atoms with Gasteiger partial charge in [-0.2, -0.15) is 0 Å². The SMILES string of the molecule is Cc1c(CCN)cccc1CCN. The second-order valence-electron chi connectivity index (χ2n) is 3.28. The molecule has 0 saturated carbocycles. The van der Waals surface area contributed by atoms with E-state index in [-0.39, 0.29) is 0 Å². The molecule has 13 heavy (non-hydrogen) atoms. The van der Waals surface area contributed by atoms with Crippen molar-refractivity contribution in [2.45, 2.75) is 19.8 Å². The Balaban J connectivity index is 2.89. The lowest BCUT2D eigenvalue weighted by Crippen LogP contribution is -2.08. The van der Waals surface area contributed by atoms with Crippen LogP contribution >= 0.6 is 0 Å². The van der Waals surface area contributed by atoms with Gasteiger partial charge in [0, 0.05) is 0 Å². The normalized spacial score (nSPS) is 10.4. The van der Waals surface area contributed by atoms with E-state index < -0.39 is 0 Å². The molecule has 2 nitrogen and oxygen atoms in total. The molecule has 1 aromatic rings. The third-order valence-corrected chi connectivity index (χ3v) is 2.39. The van der Waals surface area contributed by atoms with Crippen molar-refractivity contribution in [2.75, 3.05) is 13.1 Å². The Hall–Kier alpha value is -0.860. The van der Waals surface area contributed by atoms with Crippen molar-refractivity contribution < 1.29 is 0 Å². The van der Waals surface area contributed by atoms with E-state index in [2.05, 4.69) is 25.1 Å². The molecule has 0 amide bonds. The Morgan fingerprint density at radius 2 is 1.46 bits per heavy atom. The van der Waals surface area contributed by atoms with Gasteiger partial charge >= 0.3 is 0 Å². The first-order chi connectivity index (χ1) is 6.29. The van der Waals surface area contributed by atoms with Crippen LogP contribution in [0.5, 0.6) is 0 Å². The van der Waals surface area contributed by atoms with Crippen LogP contribution in [-0.2, 0) is 12.8 Å². The lowest BCUT2D eigenvalue weighted by Gasteiger charge is -2.09. The number of benzene rings is 1. The van der Waals surface area contributed by atoms with Gasteiger partial charge in [0.1, 0.15) is 0 Å². The molecule has 0 fully saturated rings. The average molecular weight is 178 g/mol. The molecule has 1 rings (SSSR count). The van der Waals surface area contributed by atoms with Crippen LogP contribution in [0.3, 0.4) is 0 Å². The predicted octanol–water partition coefficient (Wildman–Crippen LogP) is 0.997. The topological polar surface area (TPSA) is 52.0 Å². The summed E-state index contributed by atoms with van der Waals surface area (Å²) in [5.41, 5.74) is 15.1. The fourth-order valence-corrected chi connectivity index (χ4v) is 1.59. The summed E-state index contributed by atoms with van der Waals surface area (Å²) in [4.78, 5) is 0. The Morgan fingerprint density at radius 3 is 1.85 bits per heavy atom. The van der Waals surface area contributed by atoms with E-state index in [1.807, 2.05) is 0 Å². The Labute approximate surface area is 79.9 Å². The van der Waals surface area contributed by atoms with Gasteiger partial charge in [0.15, 0.2) is 0 Å². The third-order valence-electron chi connectivity index (χ3n) is 2.39. The van der Waals surface area contributed by atoms with Gasteiger partial charge in [-0.1, -0.05) is 18.2 Å². The summed E-state index contributed by atoms with van der Waals surface area (Å²) in [6.45, 7) is 3.58. The zero-order valence-corrected chi connectivity index (χ0v) is 8.22. The second-order valence-corrected chi connectivity index (χ2v) is 3.28. The highest BCUT2D eigenvalue weighted by atomic mass is 14.5. The maximum absolute atomic E-state index is 5.53.